The maximum Gasteiger partial charge on any atom is 0.230 e. The summed E-state index contributed by atoms with van der Waals surface area (Å²) in [5.74, 6) is 0.0401. The minimum Gasteiger partial charge on any atom is -0.381 e. The number of hydrogen-bond donors (Lipinski definition) is 1. The van der Waals surface area contributed by atoms with E-state index in [2.05, 4.69) is 57.3 Å². The van der Waals surface area contributed by atoms with E-state index < -0.39 is 5.54 Å². The Morgan fingerprint density at radius 2 is 1.80 bits per heavy atom. The maximum atomic E-state index is 13.8. The molecule has 0 aromatic heterocycles. The van der Waals surface area contributed by atoms with Crippen LogP contribution in [0.3, 0.4) is 0 Å². The molecule has 5 rings (SSSR count). The fourth-order valence-electron chi connectivity index (χ4n) is 6.01. The molecule has 5 nitrogen and oxygen atoms in total. The zero-order valence-corrected chi connectivity index (χ0v) is 21.9. The van der Waals surface area contributed by atoms with Crippen molar-refractivity contribution in [2.24, 2.45) is 5.92 Å². The van der Waals surface area contributed by atoms with Crippen LogP contribution in [0.5, 0.6) is 0 Å². The minimum absolute atomic E-state index is 0.0521. The van der Waals surface area contributed by atoms with Crippen molar-refractivity contribution in [2.45, 2.75) is 83.3 Å². The fourth-order valence-corrected chi connectivity index (χ4v) is 6.14. The summed E-state index contributed by atoms with van der Waals surface area (Å²) in [5, 5.41) is 4.11. The third-order valence-corrected chi connectivity index (χ3v) is 8.21. The monoisotopic (exact) mass is 497 g/mol. The topological polar surface area (TPSA) is 60.1 Å². The molecule has 1 spiro atoms. The summed E-state index contributed by atoms with van der Waals surface area (Å²) in [4.78, 5) is 13.8. The first kappa shape index (κ1) is 24.8. The normalized spacial score (nSPS) is 27.4. The Balaban J connectivity index is 1.62. The molecule has 0 bridgehead atoms. The SMILES string of the molecule is CCc1ccc(-c2ccc(Cl)cc2)c(CC)c1C1C(=O)NC2(CCOCC2)C1OC1OC1C(C)C. The van der Waals surface area contributed by atoms with E-state index >= 15 is 0 Å². The van der Waals surface area contributed by atoms with Crippen LogP contribution in [0.15, 0.2) is 36.4 Å². The highest BCUT2D eigenvalue weighted by Crippen LogP contribution is 2.47. The largest absolute Gasteiger partial charge is 0.381 e. The third kappa shape index (κ3) is 4.53. The van der Waals surface area contributed by atoms with Crippen LogP contribution in [0.25, 0.3) is 11.1 Å². The van der Waals surface area contributed by atoms with Gasteiger partial charge in [0.05, 0.1) is 17.6 Å². The second kappa shape index (κ2) is 9.85. The average molecular weight is 498 g/mol. The van der Waals surface area contributed by atoms with Crippen molar-refractivity contribution in [3.05, 3.63) is 58.1 Å². The average Bonchev–Trinajstić information content (AvgIpc) is 3.59. The lowest BCUT2D eigenvalue weighted by atomic mass is 9.76. The van der Waals surface area contributed by atoms with Gasteiger partial charge in [-0.15, -0.1) is 0 Å². The van der Waals surface area contributed by atoms with E-state index in [4.69, 9.17) is 25.8 Å². The molecule has 4 atom stereocenters. The lowest BCUT2D eigenvalue weighted by molar-refractivity contribution is -0.122. The van der Waals surface area contributed by atoms with Crippen molar-refractivity contribution in [3.8, 4) is 11.1 Å². The van der Waals surface area contributed by atoms with Gasteiger partial charge in [0.25, 0.3) is 0 Å². The molecule has 3 fully saturated rings. The van der Waals surface area contributed by atoms with Crippen molar-refractivity contribution in [2.75, 3.05) is 13.2 Å². The van der Waals surface area contributed by atoms with Gasteiger partial charge >= 0.3 is 0 Å². The van der Waals surface area contributed by atoms with E-state index in [1.165, 1.54) is 11.1 Å². The van der Waals surface area contributed by atoms with E-state index in [9.17, 15) is 4.79 Å². The van der Waals surface area contributed by atoms with Crippen molar-refractivity contribution in [1.29, 1.82) is 0 Å². The predicted octanol–water partition coefficient (Wildman–Crippen LogP) is 5.66. The number of hydrogen-bond acceptors (Lipinski definition) is 4. The van der Waals surface area contributed by atoms with Gasteiger partial charge in [-0.25, -0.2) is 0 Å². The predicted molar refractivity (Wildman–Crippen MR) is 138 cm³/mol. The van der Waals surface area contributed by atoms with Crippen LogP contribution in [-0.4, -0.2) is 43.2 Å². The number of rotatable bonds is 7. The van der Waals surface area contributed by atoms with Gasteiger partial charge in [-0.1, -0.05) is 63.6 Å². The molecule has 1 amide bonds. The van der Waals surface area contributed by atoms with E-state index in [1.54, 1.807) is 0 Å². The van der Waals surface area contributed by atoms with E-state index in [0.717, 1.165) is 42.4 Å². The zero-order chi connectivity index (χ0) is 24.7. The number of epoxide rings is 1. The molecule has 2 aromatic rings. The van der Waals surface area contributed by atoms with Crippen LogP contribution in [0, 0.1) is 5.92 Å². The summed E-state index contributed by atoms with van der Waals surface area (Å²) >= 11 is 6.17. The van der Waals surface area contributed by atoms with Crippen LogP contribution in [0.2, 0.25) is 5.02 Å². The van der Waals surface area contributed by atoms with Gasteiger partial charge in [0.15, 0.2) is 6.29 Å². The lowest BCUT2D eigenvalue weighted by Crippen LogP contribution is -2.54. The Hall–Kier alpha value is -1.92. The molecule has 188 valence electrons. The number of halogens is 1. The van der Waals surface area contributed by atoms with E-state index in [-0.39, 0.29) is 30.3 Å². The first-order chi connectivity index (χ1) is 16.9. The molecule has 4 unspecified atom stereocenters. The van der Waals surface area contributed by atoms with Crippen LogP contribution >= 0.6 is 11.6 Å². The number of carbonyl (C=O) groups is 1. The van der Waals surface area contributed by atoms with Crippen molar-refractivity contribution in [1.82, 2.24) is 5.32 Å². The zero-order valence-electron chi connectivity index (χ0n) is 21.1. The second-order valence-electron chi connectivity index (χ2n) is 10.4. The minimum atomic E-state index is -0.431. The lowest BCUT2D eigenvalue weighted by Gasteiger charge is -2.39. The van der Waals surface area contributed by atoms with Crippen molar-refractivity contribution < 1.29 is 19.0 Å². The smallest absolute Gasteiger partial charge is 0.230 e. The molecule has 0 radical (unpaired) electrons. The Kier molecular flexibility index (Phi) is 6.97. The van der Waals surface area contributed by atoms with Crippen molar-refractivity contribution in [3.63, 3.8) is 0 Å². The van der Waals surface area contributed by atoms with Crippen LogP contribution < -0.4 is 5.32 Å². The molecule has 35 heavy (non-hydrogen) atoms. The summed E-state index contributed by atoms with van der Waals surface area (Å²) in [6, 6.07) is 12.3. The molecule has 0 aliphatic carbocycles. The number of amides is 1. The molecule has 3 aliphatic rings. The summed E-state index contributed by atoms with van der Waals surface area (Å²) in [6.07, 6.45) is 2.69. The van der Waals surface area contributed by atoms with E-state index in [0.29, 0.717) is 24.2 Å². The Bertz CT molecular complexity index is 1080. The van der Waals surface area contributed by atoms with Gasteiger partial charge < -0.3 is 19.5 Å². The molecular formula is C29H36ClNO4. The number of benzene rings is 2. The van der Waals surface area contributed by atoms with Gasteiger partial charge in [0.2, 0.25) is 5.91 Å². The standard InChI is InChI=1S/C29H36ClNO4/c1-5-18-9-12-22(19-7-10-20(30)11-8-19)21(6-2)23(18)24-26(35-28-25(34-28)17(3)4)29(31-27(24)32)13-15-33-16-14-29/h7-12,17,24-26,28H,5-6,13-16H2,1-4H3,(H,31,32). The van der Waals surface area contributed by atoms with Gasteiger partial charge in [0.1, 0.15) is 6.10 Å². The number of carbonyl (C=O) groups excluding carboxylic acids is 1. The Morgan fingerprint density at radius 1 is 1.09 bits per heavy atom. The third-order valence-electron chi connectivity index (χ3n) is 7.96. The van der Waals surface area contributed by atoms with Gasteiger partial charge in [-0.3, -0.25) is 4.79 Å². The number of nitrogens with one attached hydrogen (secondary N) is 1. The molecule has 1 N–H and O–H groups in total. The molecule has 3 saturated heterocycles. The first-order valence-electron chi connectivity index (χ1n) is 13.0. The highest BCUT2D eigenvalue weighted by molar-refractivity contribution is 6.30. The molecule has 3 heterocycles. The van der Waals surface area contributed by atoms with Crippen LogP contribution in [0.4, 0.5) is 0 Å². The number of aryl methyl sites for hydroxylation is 1. The Labute approximate surface area is 213 Å². The highest BCUT2D eigenvalue weighted by atomic mass is 35.5. The fraction of sp³-hybridized carbons (Fsp3) is 0.552. The van der Waals surface area contributed by atoms with Crippen molar-refractivity contribution >= 4 is 17.5 Å². The highest BCUT2D eigenvalue weighted by Gasteiger charge is 2.58. The van der Waals surface area contributed by atoms with Crippen LogP contribution in [-0.2, 0) is 31.8 Å². The Morgan fingerprint density at radius 3 is 2.40 bits per heavy atom. The molecule has 6 heteroatoms. The quantitative estimate of drug-likeness (QED) is 0.501. The van der Waals surface area contributed by atoms with E-state index in [1.807, 2.05) is 12.1 Å². The van der Waals surface area contributed by atoms with Gasteiger partial charge in [-0.2, -0.15) is 0 Å². The molecule has 2 aromatic carbocycles. The summed E-state index contributed by atoms with van der Waals surface area (Å²) in [6.45, 7) is 9.87. The number of ether oxygens (including phenoxy) is 3. The van der Waals surface area contributed by atoms with Gasteiger partial charge in [-0.05, 0) is 71.6 Å². The summed E-state index contributed by atoms with van der Waals surface area (Å²) in [5.41, 5.74) is 5.36. The maximum absolute atomic E-state index is 13.8. The molecule has 0 saturated carbocycles. The summed E-state index contributed by atoms with van der Waals surface area (Å²) < 4.78 is 18.3. The van der Waals surface area contributed by atoms with Gasteiger partial charge in [0, 0.05) is 18.2 Å². The molecular weight excluding hydrogens is 462 g/mol. The second-order valence-corrected chi connectivity index (χ2v) is 10.8. The molecule has 3 aliphatic heterocycles. The van der Waals surface area contributed by atoms with Crippen LogP contribution in [0.1, 0.15) is 63.1 Å². The first-order valence-corrected chi connectivity index (χ1v) is 13.4. The summed E-state index contributed by atoms with van der Waals surface area (Å²) in [7, 11) is 0.